The van der Waals surface area contributed by atoms with Gasteiger partial charge in [-0.15, -0.1) is 0 Å². The summed E-state index contributed by atoms with van der Waals surface area (Å²) in [6, 6.07) is 6.90. The van der Waals surface area contributed by atoms with Crippen LogP contribution >= 0.6 is 0 Å². The van der Waals surface area contributed by atoms with Gasteiger partial charge in [-0.2, -0.15) is 13.9 Å². The lowest BCUT2D eigenvalue weighted by Gasteiger charge is -2.13. The van der Waals surface area contributed by atoms with E-state index >= 15 is 0 Å². The first-order valence-corrected chi connectivity index (χ1v) is 8.66. The molecule has 7 nitrogen and oxygen atoms in total. The van der Waals surface area contributed by atoms with E-state index in [0.717, 1.165) is 25.1 Å². The highest BCUT2D eigenvalue weighted by Crippen LogP contribution is 2.29. The van der Waals surface area contributed by atoms with Gasteiger partial charge in [0.1, 0.15) is 0 Å². The van der Waals surface area contributed by atoms with Crippen molar-refractivity contribution in [3.63, 3.8) is 0 Å². The van der Waals surface area contributed by atoms with Crippen molar-refractivity contribution in [1.82, 2.24) is 20.4 Å². The smallest absolute Gasteiger partial charge is 0.387 e. The minimum Gasteiger partial charge on any atom is -0.493 e. The van der Waals surface area contributed by atoms with Crippen LogP contribution in [0.4, 0.5) is 8.78 Å². The van der Waals surface area contributed by atoms with Gasteiger partial charge in [0.05, 0.1) is 7.11 Å². The van der Waals surface area contributed by atoms with Crippen LogP contribution in [0.2, 0.25) is 0 Å². The molecule has 2 aromatic rings. The fraction of sp³-hybridized carbons (Fsp3) is 0.444. The third kappa shape index (κ3) is 7.12. The molecule has 1 aromatic carbocycles. The second kappa shape index (κ2) is 11.0. The molecule has 0 amide bonds. The zero-order valence-electron chi connectivity index (χ0n) is 15.5. The van der Waals surface area contributed by atoms with Crippen LogP contribution < -0.4 is 20.1 Å². The van der Waals surface area contributed by atoms with Crippen LogP contribution in [0.1, 0.15) is 12.0 Å². The van der Waals surface area contributed by atoms with E-state index in [9.17, 15) is 8.78 Å². The molecule has 0 aliphatic carbocycles. The van der Waals surface area contributed by atoms with E-state index in [2.05, 4.69) is 25.5 Å². The first-order valence-electron chi connectivity index (χ1n) is 8.66. The van der Waals surface area contributed by atoms with Crippen LogP contribution in [0.25, 0.3) is 0 Å². The fourth-order valence-electron chi connectivity index (χ4n) is 2.49. The second-order valence-corrected chi connectivity index (χ2v) is 5.66. The molecule has 9 heteroatoms. The molecular formula is C18H25F2N5O2. The molecule has 0 radical (unpaired) electrons. The summed E-state index contributed by atoms with van der Waals surface area (Å²) < 4.78 is 36.4. The summed E-state index contributed by atoms with van der Waals surface area (Å²) in [5.41, 5.74) is 0.855. The van der Waals surface area contributed by atoms with Crippen LogP contribution in [0.5, 0.6) is 11.5 Å². The standard InChI is InChI=1S/C18H25F2N5O2/c1-21-18(22-8-3-11-25-12-4-9-24-25)23-10-7-14-5-6-15(26-2)16(13-14)27-17(19)20/h4-6,9,12-13,17H,3,7-8,10-11H2,1-2H3,(H2,21,22,23). The number of alkyl halides is 2. The average molecular weight is 381 g/mol. The van der Waals surface area contributed by atoms with E-state index in [0.29, 0.717) is 18.9 Å². The van der Waals surface area contributed by atoms with Gasteiger partial charge in [-0.1, -0.05) is 6.07 Å². The molecule has 0 saturated carbocycles. The molecule has 0 fully saturated rings. The number of halogens is 2. The monoisotopic (exact) mass is 381 g/mol. The minimum absolute atomic E-state index is 0.0335. The van der Waals surface area contributed by atoms with Gasteiger partial charge in [-0.3, -0.25) is 9.67 Å². The van der Waals surface area contributed by atoms with Gasteiger partial charge in [-0.25, -0.2) is 0 Å². The molecule has 1 aromatic heterocycles. The number of aromatic nitrogens is 2. The Labute approximate surface area is 157 Å². The van der Waals surface area contributed by atoms with Crippen molar-refractivity contribution in [3.8, 4) is 11.5 Å². The van der Waals surface area contributed by atoms with E-state index in [4.69, 9.17) is 4.74 Å². The second-order valence-electron chi connectivity index (χ2n) is 5.66. The van der Waals surface area contributed by atoms with Crippen molar-refractivity contribution in [1.29, 1.82) is 0 Å². The Bertz CT molecular complexity index is 708. The quantitative estimate of drug-likeness (QED) is 0.375. The van der Waals surface area contributed by atoms with Gasteiger partial charge in [0.2, 0.25) is 0 Å². The maximum absolute atomic E-state index is 12.5. The summed E-state index contributed by atoms with van der Waals surface area (Å²) in [4.78, 5) is 4.17. The third-order valence-electron chi connectivity index (χ3n) is 3.79. The molecule has 0 saturated heterocycles. The Morgan fingerprint density at radius 3 is 2.74 bits per heavy atom. The molecule has 0 atom stereocenters. The van der Waals surface area contributed by atoms with Gasteiger partial charge >= 0.3 is 6.61 Å². The topological polar surface area (TPSA) is 72.7 Å². The Morgan fingerprint density at radius 2 is 2.07 bits per heavy atom. The SMILES string of the molecule is CN=C(NCCCn1cccn1)NCCc1ccc(OC)c(OC(F)F)c1. The number of hydrogen-bond acceptors (Lipinski definition) is 4. The van der Waals surface area contributed by atoms with Gasteiger partial charge in [0, 0.05) is 39.1 Å². The highest BCUT2D eigenvalue weighted by atomic mass is 19.3. The van der Waals surface area contributed by atoms with Crippen molar-refractivity contribution < 1.29 is 18.3 Å². The van der Waals surface area contributed by atoms with Crippen LogP contribution in [0.3, 0.4) is 0 Å². The lowest BCUT2D eigenvalue weighted by molar-refractivity contribution is -0.0512. The predicted molar refractivity (Wildman–Crippen MR) is 99.5 cm³/mol. The number of hydrogen-bond donors (Lipinski definition) is 2. The zero-order valence-corrected chi connectivity index (χ0v) is 15.5. The van der Waals surface area contributed by atoms with Crippen LogP contribution in [0.15, 0.2) is 41.7 Å². The fourth-order valence-corrected chi connectivity index (χ4v) is 2.49. The number of aliphatic imine (C=N–C) groups is 1. The largest absolute Gasteiger partial charge is 0.493 e. The number of nitrogens with zero attached hydrogens (tertiary/aromatic N) is 3. The number of benzene rings is 1. The number of methoxy groups -OCH3 is 1. The van der Waals surface area contributed by atoms with Crippen LogP contribution in [0, 0.1) is 0 Å². The van der Waals surface area contributed by atoms with E-state index in [1.54, 1.807) is 25.4 Å². The van der Waals surface area contributed by atoms with Crippen LogP contribution in [-0.4, -0.2) is 49.6 Å². The van der Waals surface area contributed by atoms with E-state index in [1.165, 1.54) is 7.11 Å². The van der Waals surface area contributed by atoms with E-state index < -0.39 is 6.61 Å². The Morgan fingerprint density at radius 1 is 1.26 bits per heavy atom. The zero-order chi connectivity index (χ0) is 19.5. The van der Waals surface area contributed by atoms with Crippen LogP contribution in [-0.2, 0) is 13.0 Å². The Hall–Kier alpha value is -2.84. The van der Waals surface area contributed by atoms with E-state index in [1.807, 2.05) is 23.0 Å². The average Bonchev–Trinajstić information content (AvgIpc) is 3.17. The lowest BCUT2D eigenvalue weighted by Crippen LogP contribution is -2.39. The Kier molecular flexibility index (Phi) is 8.34. The number of nitrogens with one attached hydrogen (secondary N) is 2. The first kappa shape index (κ1) is 20.5. The van der Waals surface area contributed by atoms with Crippen molar-refractivity contribution in [2.75, 3.05) is 27.2 Å². The summed E-state index contributed by atoms with van der Waals surface area (Å²) >= 11 is 0. The molecule has 27 heavy (non-hydrogen) atoms. The normalized spacial score (nSPS) is 11.5. The number of ether oxygens (including phenoxy) is 2. The predicted octanol–water partition coefficient (Wildman–Crippen LogP) is 2.29. The number of guanidine groups is 1. The van der Waals surface area contributed by atoms with Gasteiger partial charge in [-0.05, 0) is 36.6 Å². The van der Waals surface area contributed by atoms with E-state index in [-0.39, 0.29) is 11.5 Å². The van der Waals surface area contributed by atoms with Crippen molar-refractivity contribution in [3.05, 3.63) is 42.2 Å². The highest BCUT2D eigenvalue weighted by Gasteiger charge is 2.11. The lowest BCUT2D eigenvalue weighted by atomic mass is 10.1. The maximum atomic E-state index is 12.5. The summed E-state index contributed by atoms with van der Waals surface area (Å²) in [5.74, 6) is 1.00. The molecule has 148 valence electrons. The number of aryl methyl sites for hydroxylation is 1. The van der Waals surface area contributed by atoms with Crippen molar-refractivity contribution in [2.24, 2.45) is 4.99 Å². The molecule has 0 bridgehead atoms. The van der Waals surface area contributed by atoms with Crippen molar-refractivity contribution >= 4 is 5.96 Å². The van der Waals surface area contributed by atoms with Gasteiger partial charge < -0.3 is 20.1 Å². The third-order valence-corrected chi connectivity index (χ3v) is 3.79. The summed E-state index contributed by atoms with van der Waals surface area (Å²) in [6.45, 7) is -0.708. The molecular weight excluding hydrogens is 356 g/mol. The molecule has 1 heterocycles. The Balaban J connectivity index is 1.74. The molecule has 2 N–H and O–H groups in total. The first-order chi connectivity index (χ1) is 13.1. The molecule has 0 spiro atoms. The summed E-state index contributed by atoms with van der Waals surface area (Å²) in [5, 5.41) is 10.6. The van der Waals surface area contributed by atoms with Gasteiger partial charge in [0.25, 0.3) is 0 Å². The maximum Gasteiger partial charge on any atom is 0.387 e. The van der Waals surface area contributed by atoms with Crippen molar-refractivity contribution in [2.45, 2.75) is 26.0 Å². The summed E-state index contributed by atoms with van der Waals surface area (Å²) in [6.07, 6.45) is 5.21. The summed E-state index contributed by atoms with van der Waals surface area (Å²) in [7, 11) is 3.11. The molecule has 0 aliphatic rings. The molecule has 0 aliphatic heterocycles. The molecule has 0 unspecified atom stereocenters. The molecule has 2 rings (SSSR count). The minimum atomic E-state index is -2.89. The van der Waals surface area contributed by atoms with Gasteiger partial charge in [0.15, 0.2) is 17.5 Å². The number of rotatable bonds is 10. The highest BCUT2D eigenvalue weighted by molar-refractivity contribution is 5.79.